The van der Waals surface area contributed by atoms with Crippen molar-refractivity contribution in [1.82, 2.24) is 20.2 Å². The van der Waals surface area contributed by atoms with Gasteiger partial charge in [-0.15, -0.1) is 5.10 Å². The van der Waals surface area contributed by atoms with Crippen LogP contribution in [0.3, 0.4) is 0 Å². The number of thioether (sulfide) groups is 1. The summed E-state index contributed by atoms with van der Waals surface area (Å²) in [4.78, 5) is 12.3. The summed E-state index contributed by atoms with van der Waals surface area (Å²) < 4.78 is 38.1. The van der Waals surface area contributed by atoms with E-state index in [1.165, 1.54) is 0 Å². The van der Waals surface area contributed by atoms with Crippen LogP contribution in [0, 0.1) is 0 Å². The maximum atomic E-state index is 12.5. The molecule has 1 aromatic carbocycles. The molecule has 1 amide bonds. The van der Waals surface area contributed by atoms with E-state index >= 15 is 0 Å². The third-order valence-electron chi connectivity index (χ3n) is 3.32. The Labute approximate surface area is 133 Å². The first kappa shape index (κ1) is 15.8. The summed E-state index contributed by atoms with van der Waals surface area (Å²) >= 11 is 0.945. The van der Waals surface area contributed by atoms with Crippen LogP contribution in [0.4, 0.5) is 18.9 Å². The van der Waals surface area contributed by atoms with Gasteiger partial charge in [-0.25, -0.2) is 4.68 Å². The molecule has 1 aromatic heterocycles. The van der Waals surface area contributed by atoms with Crippen LogP contribution in [0.1, 0.15) is 12.0 Å². The Morgan fingerprint density at radius 1 is 1.35 bits per heavy atom. The number of amides is 1. The quantitative estimate of drug-likeness (QED) is 0.926. The average molecular weight is 343 g/mol. The molecule has 1 atom stereocenters. The van der Waals surface area contributed by atoms with Gasteiger partial charge in [0.1, 0.15) is 6.54 Å². The average Bonchev–Trinajstić information content (AvgIpc) is 2.82. The predicted molar refractivity (Wildman–Crippen MR) is 76.9 cm³/mol. The van der Waals surface area contributed by atoms with Gasteiger partial charge >= 0.3 is 6.18 Å². The van der Waals surface area contributed by atoms with Gasteiger partial charge in [0.15, 0.2) is 0 Å². The number of aryl methyl sites for hydroxylation is 1. The number of anilines is 1. The lowest BCUT2D eigenvalue weighted by atomic mass is 10.1. The molecule has 0 saturated heterocycles. The predicted octanol–water partition coefficient (Wildman–Crippen LogP) is 2.28. The van der Waals surface area contributed by atoms with Crippen molar-refractivity contribution >= 4 is 23.4 Å². The van der Waals surface area contributed by atoms with Crippen LogP contribution >= 0.6 is 11.8 Å². The van der Waals surface area contributed by atoms with Crippen molar-refractivity contribution in [2.24, 2.45) is 0 Å². The number of halogens is 3. The topological polar surface area (TPSA) is 72.7 Å². The molecule has 1 aliphatic rings. The molecule has 1 N–H and O–H groups in total. The molecule has 0 fully saturated rings. The van der Waals surface area contributed by atoms with Crippen molar-refractivity contribution in [3.05, 3.63) is 29.8 Å². The van der Waals surface area contributed by atoms with Gasteiger partial charge < -0.3 is 5.32 Å². The second kappa shape index (κ2) is 6.19. The Hall–Kier alpha value is -2.10. The fourth-order valence-corrected chi connectivity index (χ4v) is 3.24. The zero-order valence-corrected chi connectivity index (χ0v) is 12.6. The van der Waals surface area contributed by atoms with Gasteiger partial charge in [0.2, 0.25) is 11.1 Å². The minimum Gasteiger partial charge on any atom is -0.325 e. The number of aromatic nitrogens is 4. The van der Waals surface area contributed by atoms with E-state index in [4.69, 9.17) is 0 Å². The molecule has 0 saturated carbocycles. The Morgan fingerprint density at radius 3 is 2.91 bits per heavy atom. The highest BCUT2D eigenvalue weighted by atomic mass is 32.2. The third-order valence-corrected chi connectivity index (χ3v) is 4.56. The van der Waals surface area contributed by atoms with Gasteiger partial charge in [0.25, 0.3) is 0 Å². The number of carbonyl (C=O) groups is 1. The van der Waals surface area contributed by atoms with Gasteiger partial charge in [-0.2, -0.15) is 13.2 Å². The minimum atomic E-state index is -4.42. The number of hydrogen-bond donors (Lipinski definition) is 1. The van der Waals surface area contributed by atoms with E-state index in [1.807, 2.05) is 18.2 Å². The molecule has 3 rings (SSSR count). The highest BCUT2D eigenvalue weighted by Crippen LogP contribution is 2.31. The number of alkyl halides is 3. The lowest BCUT2D eigenvalue weighted by Crippen LogP contribution is -2.25. The Bertz CT molecular complexity index is 718. The Kier molecular flexibility index (Phi) is 4.24. The van der Waals surface area contributed by atoms with Gasteiger partial charge in [-0.1, -0.05) is 30.0 Å². The molecule has 23 heavy (non-hydrogen) atoms. The highest BCUT2D eigenvalue weighted by Gasteiger charge is 2.32. The summed E-state index contributed by atoms with van der Waals surface area (Å²) in [5.74, 6) is -0.262. The molecule has 2 heterocycles. The van der Waals surface area contributed by atoms with E-state index in [9.17, 15) is 18.0 Å². The van der Waals surface area contributed by atoms with Gasteiger partial charge in [0, 0.05) is 5.69 Å². The fourth-order valence-electron chi connectivity index (χ4n) is 2.28. The smallest absolute Gasteiger partial charge is 0.325 e. The lowest BCUT2D eigenvalue weighted by Gasteiger charge is -2.13. The Morgan fingerprint density at radius 2 is 2.13 bits per heavy atom. The number of rotatable bonds is 3. The summed E-state index contributed by atoms with van der Waals surface area (Å²) in [7, 11) is 0. The summed E-state index contributed by atoms with van der Waals surface area (Å²) in [6, 6.07) is 7.41. The second-order valence-corrected chi connectivity index (χ2v) is 6.20. The van der Waals surface area contributed by atoms with Crippen molar-refractivity contribution in [3.63, 3.8) is 0 Å². The van der Waals surface area contributed by atoms with Crippen molar-refractivity contribution in [2.75, 3.05) is 5.32 Å². The first-order valence-corrected chi connectivity index (χ1v) is 7.69. The van der Waals surface area contributed by atoms with Crippen LogP contribution in [0.2, 0.25) is 0 Å². The van der Waals surface area contributed by atoms with E-state index < -0.39 is 18.0 Å². The molecule has 0 radical (unpaired) electrons. The molecular weight excluding hydrogens is 331 g/mol. The first-order valence-electron chi connectivity index (χ1n) is 6.81. The SMILES string of the molecule is O=C1Nc2ccccc2CC[C@@H]1Sc1nnnn1CC(F)(F)F. The lowest BCUT2D eigenvalue weighted by molar-refractivity contribution is -0.144. The first-order chi connectivity index (χ1) is 10.9. The maximum absolute atomic E-state index is 12.5. The van der Waals surface area contributed by atoms with E-state index in [0.717, 1.165) is 23.0 Å². The van der Waals surface area contributed by atoms with Crippen LogP contribution in [0.15, 0.2) is 29.4 Å². The molecule has 10 heteroatoms. The second-order valence-electron chi connectivity index (χ2n) is 5.03. The zero-order valence-electron chi connectivity index (χ0n) is 11.7. The molecule has 0 spiro atoms. The van der Waals surface area contributed by atoms with Gasteiger partial charge in [0.05, 0.1) is 5.25 Å². The standard InChI is InChI=1S/C13H12F3N5OS/c14-13(15,16)7-21-12(18-19-20-21)23-10-6-5-8-3-1-2-4-9(8)17-11(10)22/h1-4,10H,5-7H2,(H,17,22)/t10-/m0/s1. The summed E-state index contributed by atoms with van der Waals surface area (Å²) in [5, 5.41) is 12.4. The monoisotopic (exact) mass is 343 g/mol. The van der Waals surface area contributed by atoms with E-state index in [-0.39, 0.29) is 11.1 Å². The molecule has 1 aliphatic heterocycles. The van der Waals surface area contributed by atoms with E-state index in [2.05, 4.69) is 20.8 Å². The number of nitrogens with zero attached hydrogens (tertiary/aromatic N) is 4. The van der Waals surface area contributed by atoms with Crippen molar-refractivity contribution < 1.29 is 18.0 Å². The third kappa shape index (κ3) is 3.81. The van der Waals surface area contributed by atoms with E-state index in [1.54, 1.807) is 6.07 Å². The number of carbonyl (C=O) groups excluding carboxylic acids is 1. The fraction of sp³-hybridized carbons (Fsp3) is 0.385. The van der Waals surface area contributed by atoms with Crippen LogP contribution < -0.4 is 5.32 Å². The molecule has 6 nitrogen and oxygen atoms in total. The van der Waals surface area contributed by atoms with Crippen LogP contribution in [0.5, 0.6) is 0 Å². The molecule has 122 valence electrons. The van der Waals surface area contributed by atoms with Crippen molar-refractivity contribution in [2.45, 2.75) is 36.0 Å². The van der Waals surface area contributed by atoms with Crippen LogP contribution in [0.25, 0.3) is 0 Å². The minimum absolute atomic E-state index is 0.0200. The van der Waals surface area contributed by atoms with Gasteiger partial charge in [-0.3, -0.25) is 4.79 Å². The normalized spacial score (nSPS) is 18.2. The molecule has 0 aliphatic carbocycles. The van der Waals surface area contributed by atoms with Crippen LogP contribution in [-0.4, -0.2) is 37.5 Å². The highest BCUT2D eigenvalue weighted by molar-refractivity contribution is 8.00. The molecule has 2 aromatic rings. The largest absolute Gasteiger partial charge is 0.408 e. The Balaban J connectivity index is 1.75. The molecule has 0 bridgehead atoms. The number of para-hydroxylation sites is 1. The van der Waals surface area contributed by atoms with Crippen molar-refractivity contribution in [3.8, 4) is 0 Å². The summed E-state index contributed by atoms with van der Waals surface area (Å²) in [5.41, 5.74) is 1.73. The summed E-state index contributed by atoms with van der Waals surface area (Å²) in [6.07, 6.45) is -3.29. The summed E-state index contributed by atoms with van der Waals surface area (Å²) in [6.45, 7) is -1.28. The van der Waals surface area contributed by atoms with Crippen LogP contribution in [-0.2, 0) is 17.8 Å². The maximum Gasteiger partial charge on any atom is 0.408 e. The molecule has 0 unspecified atom stereocenters. The number of hydrogen-bond acceptors (Lipinski definition) is 5. The van der Waals surface area contributed by atoms with Gasteiger partial charge in [-0.05, 0) is 34.9 Å². The zero-order chi connectivity index (χ0) is 16.4. The number of nitrogens with one attached hydrogen (secondary N) is 1. The number of benzene rings is 1. The number of fused-ring (bicyclic) bond motifs is 1. The number of tetrazole rings is 1. The van der Waals surface area contributed by atoms with E-state index in [0.29, 0.717) is 17.5 Å². The van der Waals surface area contributed by atoms with Crippen molar-refractivity contribution in [1.29, 1.82) is 0 Å². The molecular formula is C13H12F3N5OS.